The van der Waals surface area contributed by atoms with E-state index in [0.29, 0.717) is 12.0 Å². The largest absolute Gasteiger partial charge is 0.378 e. The van der Waals surface area contributed by atoms with Crippen molar-refractivity contribution in [1.29, 1.82) is 0 Å². The lowest BCUT2D eigenvalue weighted by Crippen LogP contribution is -2.42. The van der Waals surface area contributed by atoms with Gasteiger partial charge in [-0.1, -0.05) is 13.8 Å². The van der Waals surface area contributed by atoms with E-state index in [1.807, 2.05) is 7.05 Å². The van der Waals surface area contributed by atoms with E-state index in [1.165, 1.54) is 38.9 Å². The highest BCUT2D eigenvalue weighted by Gasteiger charge is 2.27. The summed E-state index contributed by atoms with van der Waals surface area (Å²) in [6.45, 7) is 14.4. The Morgan fingerprint density at radius 2 is 2.00 bits per heavy atom. The van der Waals surface area contributed by atoms with Crippen molar-refractivity contribution >= 4 is 5.96 Å². The Balaban J connectivity index is 1.71. The van der Waals surface area contributed by atoms with Crippen molar-refractivity contribution in [2.45, 2.75) is 52.6 Å². The quantitative estimate of drug-likeness (QED) is 0.545. The van der Waals surface area contributed by atoms with Gasteiger partial charge in [0.15, 0.2) is 5.96 Å². The number of guanidine groups is 1. The van der Waals surface area contributed by atoms with Crippen molar-refractivity contribution in [3.63, 3.8) is 0 Å². The zero-order valence-electron chi connectivity index (χ0n) is 16.3. The lowest BCUT2D eigenvalue weighted by atomic mass is 10.0. The maximum absolute atomic E-state index is 5.84. The second-order valence-electron chi connectivity index (χ2n) is 7.61. The molecule has 0 aliphatic carbocycles. The van der Waals surface area contributed by atoms with Gasteiger partial charge < -0.3 is 19.9 Å². The fourth-order valence-electron chi connectivity index (χ4n) is 3.99. The van der Waals surface area contributed by atoms with Crippen molar-refractivity contribution in [2.24, 2.45) is 16.8 Å². The van der Waals surface area contributed by atoms with Crippen LogP contribution in [0.5, 0.6) is 0 Å². The highest BCUT2D eigenvalue weighted by molar-refractivity contribution is 5.80. The minimum atomic E-state index is 0.335. The maximum atomic E-state index is 5.84. The fraction of sp³-hybridized carbons (Fsp3) is 0.947. The molecular weight excluding hydrogens is 300 g/mol. The van der Waals surface area contributed by atoms with Gasteiger partial charge in [-0.25, -0.2) is 0 Å². The predicted molar refractivity (Wildman–Crippen MR) is 102 cm³/mol. The number of rotatable bonds is 8. The van der Waals surface area contributed by atoms with Gasteiger partial charge in [-0.3, -0.25) is 4.99 Å². The van der Waals surface area contributed by atoms with Gasteiger partial charge in [-0.2, -0.15) is 0 Å². The van der Waals surface area contributed by atoms with Crippen LogP contribution >= 0.6 is 0 Å². The van der Waals surface area contributed by atoms with E-state index < -0.39 is 0 Å². The molecule has 2 unspecified atom stereocenters. The first kappa shape index (κ1) is 19.5. The third kappa shape index (κ3) is 5.92. The standard InChI is InChI=1S/C19H38N4O/c1-5-24-18(16(2)3)8-10-21-19(20-4)23-13-9-17(15-23)14-22-11-6-7-12-22/h16-18H,5-15H2,1-4H3,(H,20,21). The van der Waals surface area contributed by atoms with Crippen molar-refractivity contribution in [1.82, 2.24) is 15.1 Å². The minimum absolute atomic E-state index is 0.335. The number of aliphatic imine (C=N–C) groups is 1. The molecule has 2 atom stereocenters. The smallest absolute Gasteiger partial charge is 0.193 e. The molecule has 0 amide bonds. The molecular formula is C19H38N4O. The third-order valence-electron chi connectivity index (χ3n) is 5.35. The molecule has 0 bridgehead atoms. The second-order valence-corrected chi connectivity index (χ2v) is 7.61. The van der Waals surface area contributed by atoms with Crippen LogP contribution in [0.4, 0.5) is 0 Å². The molecule has 0 aromatic heterocycles. The highest BCUT2D eigenvalue weighted by Crippen LogP contribution is 2.20. The summed E-state index contributed by atoms with van der Waals surface area (Å²) in [4.78, 5) is 9.58. The van der Waals surface area contributed by atoms with Crippen LogP contribution in [0.25, 0.3) is 0 Å². The summed E-state index contributed by atoms with van der Waals surface area (Å²) in [5, 5.41) is 3.55. The van der Waals surface area contributed by atoms with E-state index in [2.05, 4.69) is 40.9 Å². The molecule has 0 spiro atoms. The number of hydrogen-bond donors (Lipinski definition) is 1. The average Bonchev–Trinajstić information content (AvgIpc) is 3.23. The number of likely N-dealkylation sites (tertiary alicyclic amines) is 2. The Morgan fingerprint density at radius 1 is 1.25 bits per heavy atom. The Morgan fingerprint density at radius 3 is 2.62 bits per heavy atom. The second kappa shape index (κ2) is 10.2. The Labute approximate surface area is 148 Å². The van der Waals surface area contributed by atoms with Crippen LogP contribution in [0, 0.1) is 11.8 Å². The topological polar surface area (TPSA) is 40.1 Å². The van der Waals surface area contributed by atoms with Gasteiger partial charge in [0.05, 0.1) is 6.10 Å². The molecule has 2 heterocycles. The molecule has 0 radical (unpaired) electrons. The Bertz CT molecular complexity index is 380. The van der Waals surface area contributed by atoms with Crippen LogP contribution in [-0.2, 0) is 4.74 Å². The summed E-state index contributed by atoms with van der Waals surface area (Å²) >= 11 is 0. The van der Waals surface area contributed by atoms with Crippen LogP contribution in [0.2, 0.25) is 0 Å². The maximum Gasteiger partial charge on any atom is 0.193 e. The van der Waals surface area contributed by atoms with Gasteiger partial charge in [0, 0.05) is 39.8 Å². The van der Waals surface area contributed by atoms with Crippen LogP contribution < -0.4 is 5.32 Å². The van der Waals surface area contributed by atoms with Crippen LogP contribution in [0.15, 0.2) is 4.99 Å². The number of hydrogen-bond acceptors (Lipinski definition) is 3. The number of ether oxygens (including phenoxy) is 1. The van der Waals surface area contributed by atoms with Gasteiger partial charge in [0.25, 0.3) is 0 Å². The van der Waals surface area contributed by atoms with Gasteiger partial charge in [-0.15, -0.1) is 0 Å². The summed E-state index contributed by atoms with van der Waals surface area (Å²) in [5.41, 5.74) is 0. The Kier molecular flexibility index (Phi) is 8.33. The first-order chi connectivity index (χ1) is 11.6. The van der Waals surface area contributed by atoms with E-state index in [1.54, 1.807) is 0 Å². The average molecular weight is 339 g/mol. The van der Waals surface area contributed by atoms with E-state index in [0.717, 1.165) is 44.5 Å². The molecule has 140 valence electrons. The molecule has 5 heteroatoms. The van der Waals surface area contributed by atoms with Gasteiger partial charge >= 0.3 is 0 Å². The minimum Gasteiger partial charge on any atom is -0.378 e. The molecule has 2 rings (SSSR count). The molecule has 2 saturated heterocycles. The van der Waals surface area contributed by atoms with E-state index in [4.69, 9.17) is 4.74 Å². The van der Waals surface area contributed by atoms with E-state index in [-0.39, 0.29) is 0 Å². The molecule has 0 aromatic carbocycles. The summed E-state index contributed by atoms with van der Waals surface area (Å²) in [7, 11) is 1.90. The summed E-state index contributed by atoms with van der Waals surface area (Å²) in [6, 6.07) is 0. The first-order valence-corrected chi connectivity index (χ1v) is 9.93. The van der Waals surface area contributed by atoms with Gasteiger partial charge in [0.1, 0.15) is 0 Å². The van der Waals surface area contributed by atoms with Crippen molar-refractivity contribution in [2.75, 3.05) is 52.9 Å². The molecule has 1 N–H and O–H groups in total. The highest BCUT2D eigenvalue weighted by atomic mass is 16.5. The van der Waals surface area contributed by atoms with Gasteiger partial charge in [-0.05, 0) is 57.5 Å². The zero-order chi connectivity index (χ0) is 17.4. The van der Waals surface area contributed by atoms with Crippen molar-refractivity contribution in [3.05, 3.63) is 0 Å². The molecule has 5 nitrogen and oxygen atoms in total. The molecule has 24 heavy (non-hydrogen) atoms. The summed E-state index contributed by atoms with van der Waals surface area (Å²) < 4.78 is 5.84. The fourth-order valence-corrected chi connectivity index (χ4v) is 3.99. The SMILES string of the molecule is CCOC(CCNC(=NC)N1CCC(CN2CCCC2)C1)C(C)C. The van der Waals surface area contributed by atoms with Crippen LogP contribution in [-0.4, -0.2) is 74.8 Å². The summed E-state index contributed by atoms with van der Waals surface area (Å²) in [5.74, 6) is 2.43. The molecule has 2 aliphatic rings. The Hall–Kier alpha value is -0.810. The number of nitrogens with one attached hydrogen (secondary N) is 1. The lowest BCUT2D eigenvalue weighted by Gasteiger charge is -2.25. The lowest BCUT2D eigenvalue weighted by molar-refractivity contribution is 0.0257. The molecule has 0 aromatic rings. The third-order valence-corrected chi connectivity index (χ3v) is 5.35. The van der Waals surface area contributed by atoms with Crippen molar-refractivity contribution < 1.29 is 4.74 Å². The normalized spacial score (nSPS) is 24.1. The summed E-state index contributed by atoms with van der Waals surface area (Å²) in [6.07, 6.45) is 5.44. The molecule has 0 saturated carbocycles. The van der Waals surface area contributed by atoms with E-state index in [9.17, 15) is 0 Å². The van der Waals surface area contributed by atoms with E-state index >= 15 is 0 Å². The van der Waals surface area contributed by atoms with Crippen molar-refractivity contribution in [3.8, 4) is 0 Å². The van der Waals surface area contributed by atoms with Crippen LogP contribution in [0.3, 0.4) is 0 Å². The van der Waals surface area contributed by atoms with Crippen LogP contribution in [0.1, 0.15) is 46.5 Å². The molecule has 2 aliphatic heterocycles. The predicted octanol–water partition coefficient (Wildman–Crippen LogP) is 2.43. The number of nitrogens with zero attached hydrogens (tertiary/aromatic N) is 3. The molecule has 2 fully saturated rings. The van der Waals surface area contributed by atoms with Gasteiger partial charge in [0.2, 0.25) is 0 Å². The zero-order valence-corrected chi connectivity index (χ0v) is 16.3. The monoisotopic (exact) mass is 338 g/mol. The first-order valence-electron chi connectivity index (χ1n) is 9.93.